The van der Waals surface area contributed by atoms with Gasteiger partial charge in [0.1, 0.15) is 0 Å². The summed E-state index contributed by atoms with van der Waals surface area (Å²) in [6, 6.07) is 0. The highest BCUT2D eigenvalue weighted by Crippen LogP contribution is 2.19. The summed E-state index contributed by atoms with van der Waals surface area (Å²) in [6.45, 7) is 5.99. The van der Waals surface area contributed by atoms with E-state index >= 15 is 0 Å². The third-order valence-corrected chi connectivity index (χ3v) is 4.15. The Hall–Kier alpha value is -1.36. The van der Waals surface area contributed by atoms with Gasteiger partial charge in [-0.3, -0.25) is 9.48 Å². The SMILES string of the molecule is Cc1cnn(CCCNC(=O)CC[C@H]2CCCN(C)C2)c1. The van der Waals surface area contributed by atoms with Gasteiger partial charge < -0.3 is 10.2 Å². The number of aryl methyl sites for hydroxylation is 2. The molecular weight excluding hydrogens is 264 g/mol. The van der Waals surface area contributed by atoms with Crippen LogP contribution in [0.5, 0.6) is 0 Å². The van der Waals surface area contributed by atoms with Gasteiger partial charge in [0.05, 0.1) is 6.20 Å². The molecule has 118 valence electrons. The normalized spacial score (nSPS) is 19.6. The number of hydrogen-bond donors (Lipinski definition) is 1. The number of aromatic nitrogens is 2. The summed E-state index contributed by atoms with van der Waals surface area (Å²) in [5.41, 5.74) is 1.18. The van der Waals surface area contributed by atoms with E-state index in [9.17, 15) is 4.79 Å². The summed E-state index contributed by atoms with van der Waals surface area (Å²) < 4.78 is 1.93. The molecule has 21 heavy (non-hydrogen) atoms. The van der Waals surface area contributed by atoms with Crippen LogP contribution in [0.4, 0.5) is 0 Å². The van der Waals surface area contributed by atoms with E-state index in [1.807, 2.05) is 24.0 Å². The molecule has 2 heterocycles. The van der Waals surface area contributed by atoms with E-state index in [1.54, 1.807) is 0 Å². The first-order chi connectivity index (χ1) is 10.1. The molecule has 0 radical (unpaired) electrons. The summed E-state index contributed by atoms with van der Waals surface area (Å²) in [6.07, 6.45) is 9.05. The lowest BCUT2D eigenvalue weighted by Gasteiger charge is -2.29. The average molecular weight is 292 g/mol. The van der Waals surface area contributed by atoms with Gasteiger partial charge in [-0.2, -0.15) is 5.10 Å². The van der Waals surface area contributed by atoms with Crippen molar-refractivity contribution in [2.24, 2.45) is 5.92 Å². The molecule has 1 aliphatic rings. The zero-order chi connectivity index (χ0) is 15.1. The van der Waals surface area contributed by atoms with Crippen molar-refractivity contribution in [1.82, 2.24) is 20.0 Å². The molecule has 0 unspecified atom stereocenters. The Balaban J connectivity index is 1.53. The monoisotopic (exact) mass is 292 g/mol. The van der Waals surface area contributed by atoms with Crippen molar-refractivity contribution in [2.75, 3.05) is 26.7 Å². The lowest BCUT2D eigenvalue weighted by atomic mass is 9.93. The van der Waals surface area contributed by atoms with Crippen LogP contribution in [0.3, 0.4) is 0 Å². The van der Waals surface area contributed by atoms with Crippen LogP contribution in [0.15, 0.2) is 12.4 Å². The van der Waals surface area contributed by atoms with Crippen LogP contribution in [-0.2, 0) is 11.3 Å². The summed E-state index contributed by atoms with van der Waals surface area (Å²) in [7, 11) is 2.17. The first kappa shape index (κ1) is 16.0. The fourth-order valence-electron chi connectivity index (χ4n) is 2.99. The number of nitrogens with zero attached hydrogens (tertiary/aromatic N) is 3. The van der Waals surface area contributed by atoms with Crippen LogP contribution >= 0.6 is 0 Å². The minimum Gasteiger partial charge on any atom is -0.356 e. The highest BCUT2D eigenvalue weighted by Gasteiger charge is 2.17. The van der Waals surface area contributed by atoms with E-state index in [4.69, 9.17) is 0 Å². The molecule has 1 aromatic heterocycles. The molecule has 1 saturated heterocycles. The Morgan fingerprint density at radius 1 is 1.52 bits per heavy atom. The Morgan fingerprint density at radius 2 is 2.38 bits per heavy atom. The second kappa shape index (κ2) is 8.17. The molecule has 5 heteroatoms. The number of hydrogen-bond acceptors (Lipinski definition) is 3. The van der Waals surface area contributed by atoms with Gasteiger partial charge in [0, 0.05) is 32.3 Å². The molecule has 0 aromatic carbocycles. The van der Waals surface area contributed by atoms with E-state index in [1.165, 1.54) is 24.9 Å². The van der Waals surface area contributed by atoms with Crippen molar-refractivity contribution in [2.45, 2.75) is 45.6 Å². The Bertz CT molecular complexity index is 443. The van der Waals surface area contributed by atoms with Gasteiger partial charge in [0.25, 0.3) is 0 Å². The van der Waals surface area contributed by atoms with Gasteiger partial charge in [-0.15, -0.1) is 0 Å². The van der Waals surface area contributed by atoms with Crippen LogP contribution in [-0.4, -0.2) is 47.3 Å². The van der Waals surface area contributed by atoms with E-state index in [0.29, 0.717) is 12.3 Å². The molecule has 1 aromatic rings. The minimum absolute atomic E-state index is 0.194. The van der Waals surface area contributed by atoms with E-state index in [-0.39, 0.29) is 5.91 Å². The third kappa shape index (κ3) is 5.87. The molecule has 1 fully saturated rings. The van der Waals surface area contributed by atoms with Crippen molar-refractivity contribution in [3.05, 3.63) is 18.0 Å². The van der Waals surface area contributed by atoms with E-state index < -0.39 is 0 Å². The fourth-order valence-corrected chi connectivity index (χ4v) is 2.99. The zero-order valence-electron chi connectivity index (χ0n) is 13.3. The van der Waals surface area contributed by atoms with Gasteiger partial charge in [-0.1, -0.05) is 0 Å². The number of piperidine rings is 1. The number of carbonyl (C=O) groups is 1. The van der Waals surface area contributed by atoms with Crippen LogP contribution < -0.4 is 5.32 Å². The van der Waals surface area contributed by atoms with Crippen molar-refractivity contribution < 1.29 is 4.79 Å². The van der Waals surface area contributed by atoms with E-state index in [0.717, 1.165) is 32.5 Å². The molecule has 0 bridgehead atoms. The minimum atomic E-state index is 0.194. The summed E-state index contributed by atoms with van der Waals surface area (Å²) in [5, 5.41) is 7.25. The number of amides is 1. The number of likely N-dealkylation sites (tertiary alicyclic amines) is 1. The predicted octanol–water partition coefficient (Wildman–Crippen LogP) is 1.82. The van der Waals surface area contributed by atoms with Gasteiger partial charge in [-0.05, 0) is 57.7 Å². The van der Waals surface area contributed by atoms with Gasteiger partial charge in [-0.25, -0.2) is 0 Å². The molecule has 0 saturated carbocycles. The quantitative estimate of drug-likeness (QED) is 0.780. The smallest absolute Gasteiger partial charge is 0.220 e. The maximum absolute atomic E-state index is 11.8. The third-order valence-electron chi connectivity index (χ3n) is 4.15. The van der Waals surface area contributed by atoms with Gasteiger partial charge in [0.15, 0.2) is 0 Å². The lowest BCUT2D eigenvalue weighted by molar-refractivity contribution is -0.121. The average Bonchev–Trinajstić information content (AvgIpc) is 2.87. The van der Waals surface area contributed by atoms with Crippen LogP contribution in [0, 0.1) is 12.8 Å². The van der Waals surface area contributed by atoms with Crippen molar-refractivity contribution in [1.29, 1.82) is 0 Å². The zero-order valence-corrected chi connectivity index (χ0v) is 13.3. The first-order valence-electron chi connectivity index (χ1n) is 8.08. The largest absolute Gasteiger partial charge is 0.356 e. The van der Waals surface area contributed by atoms with E-state index in [2.05, 4.69) is 22.4 Å². The molecule has 5 nitrogen and oxygen atoms in total. The van der Waals surface area contributed by atoms with Crippen molar-refractivity contribution >= 4 is 5.91 Å². The molecule has 1 aliphatic heterocycles. The van der Waals surface area contributed by atoms with Gasteiger partial charge in [0.2, 0.25) is 5.91 Å². The maximum atomic E-state index is 11.8. The molecule has 1 atom stereocenters. The highest BCUT2D eigenvalue weighted by atomic mass is 16.1. The lowest BCUT2D eigenvalue weighted by Crippen LogP contribution is -2.33. The number of carbonyl (C=O) groups excluding carboxylic acids is 1. The molecule has 0 aliphatic carbocycles. The summed E-state index contributed by atoms with van der Waals surface area (Å²) in [5.74, 6) is 0.890. The van der Waals surface area contributed by atoms with Crippen molar-refractivity contribution in [3.63, 3.8) is 0 Å². The fraction of sp³-hybridized carbons (Fsp3) is 0.750. The molecule has 1 N–H and O–H groups in total. The summed E-state index contributed by atoms with van der Waals surface area (Å²) >= 11 is 0. The Labute approximate surface area is 127 Å². The standard InChI is InChI=1S/C16H28N4O/c1-14-11-18-20(12-14)10-4-8-17-16(21)7-6-15-5-3-9-19(2)13-15/h11-12,15H,3-10,13H2,1-2H3,(H,17,21)/t15-/m1/s1. The molecule has 1 amide bonds. The second-order valence-corrected chi connectivity index (χ2v) is 6.29. The Kier molecular flexibility index (Phi) is 6.23. The predicted molar refractivity (Wildman–Crippen MR) is 84.0 cm³/mol. The number of nitrogens with one attached hydrogen (secondary N) is 1. The van der Waals surface area contributed by atoms with Crippen LogP contribution in [0.1, 0.15) is 37.7 Å². The Morgan fingerprint density at radius 3 is 3.10 bits per heavy atom. The topological polar surface area (TPSA) is 50.2 Å². The van der Waals surface area contributed by atoms with Gasteiger partial charge >= 0.3 is 0 Å². The second-order valence-electron chi connectivity index (χ2n) is 6.29. The summed E-state index contributed by atoms with van der Waals surface area (Å²) in [4.78, 5) is 14.2. The molecule has 2 rings (SSSR count). The molecule has 0 spiro atoms. The van der Waals surface area contributed by atoms with Crippen molar-refractivity contribution in [3.8, 4) is 0 Å². The maximum Gasteiger partial charge on any atom is 0.220 e. The van der Waals surface area contributed by atoms with Crippen LogP contribution in [0.2, 0.25) is 0 Å². The number of rotatable bonds is 7. The first-order valence-corrected chi connectivity index (χ1v) is 8.08. The van der Waals surface area contributed by atoms with Crippen LogP contribution in [0.25, 0.3) is 0 Å². The molecular formula is C16H28N4O. The highest BCUT2D eigenvalue weighted by molar-refractivity contribution is 5.75.